The zero-order chi connectivity index (χ0) is 12.1. The summed E-state index contributed by atoms with van der Waals surface area (Å²) in [4.78, 5) is 15.0. The highest BCUT2D eigenvalue weighted by molar-refractivity contribution is 7.09. The van der Waals surface area contributed by atoms with Gasteiger partial charge in [-0.05, 0) is 25.5 Å². The van der Waals surface area contributed by atoms with E-state index >= 15 is 0 Å². The zero-order valence-corrected chi connectivity index (χ0v) is 10.1. The fraction of sp³-hybridized carbons (Fsp3) is 0.455. The van der Waals surface area contributed by atoms with Gasteiger partial charge in [0.15, 0.2) is 5.78 Å². The molecule has 1 heterocycles. The van der Waals surface area contributed by atoms with Crippen molar-refractivity contribution in [3.05, 3.63) is 21.7 Å². The molecule has 0 radical (unpaired) electrons. The van der Waals surface area contributed by atoms with Gasteiger partial charge < -0.3 is 5.11 Å². The van der Waals surface area contributed by atoms with Crippen LogP contribution in [0.4, 0.5) is 4.39 Å². The molecule has 0 bridgehead atoms. The number of alkyl halides is 1. The molecule has 5 heteroatoms. The molecule has 88 valence electrons. The molecule has 0 fully saturated rings. The number of aromatic nitrogens is 1. The molecule has 0 aromatic carbocycles. The predicted molar refractivity (Wildman–Crippen MR) is 62.1 cm³/mol. The second kappa shape index (κ2) is 5.86. The molecule has 0 saturated heterocycles. The SMILES string of the molecule is C/C(=C\c1csc(C)n1)[C@@H](O)CC(=O)CF. The van der Waals surface area contributed by atoms with Gasteiger partial charge >= 0.3 is 0 Å². The summed E-state index contributed by atoms with van der Waals surface area (Å²) in [5.41, 5.74) is 1.37. The van der Waals surface area contributed by atoms with Crippen LogP contribution in [0, 0.1) is 6.92 Å². The molecule has 0 spiro atoms. The highest BCUT2D eigenvalue weighted by Crippen LogP contribution is 2.14. The number of nitrogens with zero attached hydrogens (tertiary/aromatic N) is 1. The van der Waals surface area contributed by atoms with Crippen LogP contribution in [0.1, 0.15) is 24.0 Å². The molecule has 0 aliphatic carbocycles. The van der Waals surface area contributed by atoms with Gasteiger partial charge in [0.1, 0.15) is 6.67 Å². The molecule has 1 aromatic rings. The van der Waals surface area contributed by atoms with E-state index in [2.05, 4.69) is 4.98 Å². The van der Waals surface area contributed by atoms with Crippen molar-refractivity contribution in [2.24, 2.45) is 0 Å². The van der Waals surface area contributed by atoms with E-state index < -0.39 is 18.6 Å². The molecule has 3 nitrogen and oxygen atoms in total. The van der Waals surface area contributed by atoms with Gasteiger partial charge in [-0.15, -0.1) is 11.3 Å². The van der Waals surface area contributed by atoms with Crippen LogP contribution in [-0.2, 0) is 4.79 Å². The molecule has 0 amide bonds. The smallest absolute Gasteiger partial charge is 0.166 e. The van der Waals surface area contributed by atoms with Gasteiger partial charge in [-0.25, -0.2) is 9.37 Å². The number of rotatable bonds is 5. The van der Waals surface area contributed by atoms with Gasteiger partial charge in [-0.1, -0.05) is 0 Å². The van der Waals surface area contributed by atoms with E-state index in [0.29, 0.717) is 5.57 Å². The molecule has 0 aliphatic heterocycles. The lowest BCUT2D eigenvalue weighted by molar-refractivity contribution is -0.121. The van der Waals surface area contributed by atoms with Crippen LogP contribution in [0.15, 0.2) is 11.0 Å². The first-order valence-electron chi connectivity index (χ1n) is 4.89. The Hall–Kier alpha value is -1.07. The molecular weight excluding hydrogens is 229 g/mol. The summed E-state index contributed by atoms with van der Waals surface area (Å²) in [5, 5.41) is 12.4. The minimum absolute atomic E-state index is 0.179. The summed E-state index contributed by atoms with van der Waals surface area (Å²) < 4.78 is 11.9. The fourth-order valence-electron chi connectivity index (χ4n) is 1.21. The van der Waals surface area contributed by atoms with Crippen LogP contribution in [0.5, 0.6) is 0 Å². The Morgan fingerprint density at radius 2 is 2.44 bits per heavy atom. The molecule has 1 rings (SSSR count). The van der Waals surface area contributed by atoms with Gasteiger partial charge in [0.05, 0.1) is 16.8 Å². The topological polar surface area (TPSA) is 50.2 Å². The van der Waals surface area contributed by atoms with Gasteiger partial charge in [0.2, 0.25) is 0 Å². The first kappa shape index (κ1) is 13.0. The predicted octanol–water partition coefficient (Wildman–Crippen LogP) is 2.14. The van der Waals surface area contributed by atoms with Gasteiger partial charge in [0.25, 0.3) is 0 Å². The number of hydrogen-bond donors (Lipinski definition) is 1. The molecule has 1 N–H and O–H groups in total. The van der Waals surface area contributed by atoms with Crippen molar-refractivity contribution in [3.8, 4) is 0 Å². The van der Waals surface area contributed by atoms with Crippen molar-refractivity contribution in [3.63, 3.8) is 0 Å². The molecule has 1 atom stereocenters. The Labute approximate surface area is 97.6 Å². The number of hydrogen-bond acceptors (Lipinski definition) is 4. The van der Waals surface area contributed by atoms with Gasteiger partial charge in [0, 0.05) is 11.8 Å². The summed E-state index contributed by atoms with van der Waals surface area (Å²) in [5.74, 6) is -0.588. The zero-order valence-electron chi connectivity index (χ0n) is 9.24. The fourth-order valence-corrected chi connectivity index (χ4v) is 1.78. The Kier molecular flexibility index (Phi) is 4.76. The van der Waals surface area contributed by atoms with Crippen LogP contribution < -0.4 is 0 Å². The number of aliphatic hydroxyl groups is 1. The third-order valence-corrected chi connectivity index (χ3v) is 2.90. The van der Waals surface area contributed by atoms with Crippen molar-refractivity contribution in [1.82, 2.24) is 4.98 Å². The molecule has 0 saturated carbocycles. The van der Waals surface area contributed by atoms with E-state index in [0.717, 1.165) is 10.7 Å². The second-order valence-corrected chi connectivity index (χ2v) is 4.63. The number of ketones is 1. The van der Waals surface area contributed by atoms with Crippen molar-refractivity contribution in [2.45, 2.75) is 26.4 Å². The molecule has 0 aliphatic rings. The average molecular weight is 243 g/mol. The lowest BCUT2D eigenvalue weighted by atomic mass is 10.1. The van der Waals surface area contributed by atoms with Crippen LogP contribution in [-0.4, -0.2) is 28.7 Å². The number of carbonyl (C=O) groups is 1. The Morgan fingerprint density at radius 3 is 2.94 bits per heavy atom. The van der Waals surface area contributed by atoms with Crippen molar-refractivity contribution in [2.75, 3.05) is 6.67 Å². The highest BCUT2D eigenvalue weighted by Gasteiger charge is 2.12. The van der Waals surface area contributed by atoms with Gasteiger partial charge in [-0.2, -0.15) is 0 Å². The maximum Gasteiger partial charge on any atom is 0.166 e. The number of carbonyl (C=O) groups excluding carboxylic acids is 1. The standard InChI is InChI=1S/C11H14FNO2S/c1-7(11(15)4-10(14)5-12)3-9-6-16-8(2)13-9/h3,6,11,15H,4-5H2,1-2H3/b7-3+/t11-/m0/s1. The Balaban J connectivity index is 2.66. The number of halogens is 1. The number of thiazole rings is 1. The summed E-state index contributed by atoms with van der Waals surface area (Å²) in [6, 6.07) is 0. The highest BCUT2D eigenvalue weighted by atomic mass is 32.1. The molecular formula is C11H14FNO2S. The van der Waals surface area contributed by atoms with E-state index in [1.54, 1.807) is 13.0 Å². The first-order chi connectivity index (χ1) is 7.52. The normalized spacial score (nSPS) is 13.9. The minimum atomic E-state index is -1.03. The quantitative estimate of drug-likeness (QED) is 0.862. The van der Waals surface area contributed by atoms with Crippen molar-refractivity contribution >= 4 is 23.2 Å². The van der Waals surface area contributed by atoms with E-state index in [4.69, 9.17) is 0 Å². The van der Waals surface area contributed by atoms with Crippen LogP contribution in [0.3, 0.4) is 0 Å². The van der Waals surface area contributed by atoms with E-state index in [9.17, 15) is 14.3 Å². The maximum absolute atomic E-state index is 11.9. The summed E-state index contributed by atoms with van der Waals surface area (Å²) >= 11 is 1.51. The maximum atomic E-state index is 11.9. The molecule has 16 heavy (non-hydrogen) atoms. The number of aliphatic hydroxyl groups excluding tert-OH is 1. The van der Waals surface area contributed by atoms with Crippen molar-refractivity contribution < 1.29 is 14.3 Å². The Morgan fingerprint density at radius 1 is 1.75 bits per heavy atom. The third kappa shape index (κ3) is 3.83. The van der Waals surface area contributed by atoms with Crippen LogP contribution in [0.2, 0.25) is 0 Å². The molecule has 0 unspecified atom stereocenters. The monoisotopic (exact) mass is 243 g/mol. The second-order valence-electron chi connectivity index (χ2n) is 3.57. The third-order valence-electron chi connectivity index (χ3n) is 2.11. The minimum Gasteiger partial charge on any atom is -0.388 e. The van der Waals surface area contributed by atoms with Crippen LogP contribution >= 0.6 is 11.3 Å². The lowest BCUT2D eigenvalue weighted by Crippen LogP contribution is -2.15. The van der Waals surface area contributed by atoms with Gasteiger partial charge in [-0.3, -0.25) is 4.79 Å². The Bertz CT molecular complexity index is 400. The van der Waals surface area contributed by atoms with E-state index in [1.807, 2.05) is 12.3 Å². The van der Waals surface area contributed by atoms with Crippen molar-refractivity contribution in [1.29, 1.82) is 0 Å². The number of aryl methyl sites for hydroxylation is 1. The average Bonchev–Trinajstić information content (AvgIpc) is 2.63. The molecule has 1 aromatic heterocycles. The largest absolute Gasteiger partial charge is 0.388 e. The number of Topliss-reactive ketones (excluding diaryl/α,β-unsaturated/α-hetero) is 1. The van der Waals surface area contributed by atoms with E-state index in [-0.39, 0.29) is 6.42 Å². The lowest BCUT2D eigenvalue weighted by Gasteiger charge is -2.08. The summed E-state index contributed by atoms with van der Waals surface area (Å²) in [7, 11) is 0. The van der Waals surface area contributed by atoms with Crippen LogP contribution in [0.25, 0.3) is 6.08 Å². The summed E-state index contributed by atoms with van der Waals surface area (Å²) in [6.45, 7) is 2.56. The van der Waals surface area contributed by atoms with E-state index in [1.165, 1.54) is 11.3 Å². The summed E-state index contributed by atoms with van der Waals surface area (Å²) in [6.07, 6.45) is 0.604. The first-order valence-corrected chi connectivity index (χ1v) is 5.77.